The summed E-state index contributed by atoms with van der Waals surface area (Å²) in [5.41, 5.74) is 5.30. The molecule has 1 atom stereocenters. The number of hydrogen-bond donors (Lipinski definition) is 1. The van der Waals surface area contributed by atoms with Crippen molar-refractivity contribution in [3.63, 3.8) is 0 Å². The Hall–Kier alpha value is -1.95. The molecule has 0 aromatic heterocycles. The summed E-state index contributed by atoms with van der Waals surface area (Å²) in [6.07, 6.45) is -0.303. The summed E-state index contributed by atoms with van der Waals surface area (Å²) in [5, 5.41) is 0. The van der Waals surface area contributed by atoms with E-state index in [0.717, 1.165) is 12.1 Å². The van der Waals surface area contributed by atoms with Gasteiger partial charge in [-0.3, -0.25) is 0 Å². The number of nitrogens with two attached hydrogens (primary N) is 1. The van der Waals surface area contributed by atoms with E-state index in [2.05, 4.69) is 0 Å². The highest BCUT2D eigenvalue weighted by atomic mass is 19.2. The molecule has 106 valence electrons. The predicted octanol–water partition coefficient (Wildman–Crippen LogP) is 3.62. The molecule has 0 aliphatic rings. The van der Waals surface area contributed by atoms with Crippen LogP contribution in [0.3, 0.4) is 0 Å². The Labute approximate surface area is 111 Å². The van der Waals surface area contributed by atoms with Crippen LogP contribution in [0.4, 0.5) is 22.0 Å². The van der Waals surface area contributed by atoms with Crippen molar-refractivity contribution in [3.8, 4) is 0 Å². The van der Waals surface area contributed by atoms with Gasteiger partial charge in [0.05, 0.1) is 0 Å². The Morgan fingerprint density at radius 3 is 1.85 bits per heavy atom. The molecule has 0 saturated heterocycles. The quantitative estimate of drug-likeness (QED) is 0.677. The van der Waals surface area contributed by atoms with E-state index in [1.165, 1.54) is 6.07 Å². The van der Waals surface area contributed by atoms with Crippen molar-refractivity contribution in [2.24, 2.45) is 5.73 Å². The molecule has 20 heavy (non-hydrogen) atoms. The highest BCUT2D eigenvalue weighted by Crippen LogP contribution is 2.23. The van der Waals surface area contributed by atoms with Gasteiger partial charge in [-0.2, -0.15) is 0 Å². The zero-order valence-electron chi connectivity index (χ0n) is 10.1. The van der Waals surface area contributed by atoms with Crippen LogP contribution in [0, 0.1) is 29.1 Å². The Bertz CT molecular complexity index is 598. The molecule has 0 heterocycles. The van der Waals surface area contributed by atoms with Gasteiger partial charge >= 0.3 is 0 Å². The van der Waals surface area contributed by atoms with Crippen molar-refractivity contribution >= 4 is 0 Å². The van der Waals surface area contributed by atoms with E-state index in [1.807, 2.05) is 0 Å². The minimum Gasteiger partial charge on any atom is -0.324 e. The van der Waals surface area contributed by atoms with Crippen LogP contribution in [0.25, 0.3) is 0 Å². The van der Waals surface area contributed by atoms with Gasteiger partial charge in [-0.25, -0.2) is 22.0 Å². The fraction of sp³-hybridized carbons (Fsp3) is 0.143. The van der Waals surface area contributed by atoms with Crippen molar-refractivity contribution < 1.29 is 22.0 Å². The third-order valence-electron chi connectivity index (χ3n) is 2.92. The van der Waals surface area contributed by atoms with Gasteiger partial charge in [0, 0.05) is 11.6 Å². The zero-order valence-corrected chi connectivity index (χ0v) is 10.1. The molecular weight excluding hydrogens is 277 g/mol. The highest BCUT2D eigenvalue weighted by molar-refractivity contribution is 5.27. The van der Waals surface area contributed by atoms with Gasteiger partial charge in [-0.15, -0.1) is 0 Å². The lowest BCUT2D eigenvalue weighted by atomic mass is 9.98. The molecule has 0 spiro atoms. The number of halogens is 5. The first-order valence-corrected chi connectivity index (χ1v) is 5.73. The maximum Gasteiger partial charge on any atom is 0.194 e. The second kappa shape index (κ2) is 5.58. The third kappa shape index (κ3) is 2.80. The Kier molecular flexibility index (Phi) is 4.04. The van der Waals surface area contributed by atoms with E-state index in [-0.39, 0.29) is 17.5 Å². The first kappa shape index (κ1) is 14.5. The second-order valence-electron chi connectivity index (χ2n) is 4.31. The largest absolute Gasteiger partial charge is 0.324 e. The smallest absolute Gasteiger partial charge is 0.194 e. The fourth-order valence-electron chi connectivity index (χ4n) is 1.85. The average molecular weight is 287 g/mol. The van der Waals surface area contributed by atoms with Gasteiger partial charge in [0.1, 0.15) is 11.6 Å². The summed E-state index contributed by atoms with van der Waals surface area (Å²) < 4.78 is 65.9. The Morgan fingerprint density at radius 1 is 0.850 bits per heavy atom. The second-order valence-corrected chi connectivity index (χ2v) is 4.31. The van der Waals surface area contributed by atoms with E-state index in [4.69, 9.17) is 5.73 Å². The maximum atomic E-state index is 13.4. The first-order chi connectivity index (χ1) is 9.40. The molecule has 2 N–H and O–H groups in total. The van der Waals surface area contributed by atoms with Gasteiger partial charge in [0.2, 0.25) is 0 Å². The lowest BCUT2D eigenvalue weighted by Crippen LogP contribution is -2.16. The molecule has 2 rings (SSSR count). The lowest BCUT2D eigenvalue weighted by Gasteiger charge is -2.14. The topological polar surface area (TPSA) is 26.0 Å². The molecule has 0 amide bonds. The SMILES string of the molecule is NC(Cc1c(F)cccc1F)c1cc(F)c(F)c(F)c1. The zero-order chi connectivity index (χ0) is 14.9. The fourth-order valence-corrected chi connectivity index (χ4v) is 1.85. The van der Waals surface area contributed by atoms with Crippen LogP contribution in [0.15, 0.2) is 30.3 Å². The standard InChI is InChI=1S/C14H10F5N/c15-9-2-1-3-10(16)8(9)6-13(20)7-4-11(17)14(19)12(18)5-7/h1-5,13H,6,20H2. The van der Waals surface area contributed by atoms with Crippen LogP contribution in [0.5, 0.6) is 0 Å². The van der Waals surface area contributed by atoms with Crippen LogP contribution in [0.2, 0.25) is 0 Å². The molecule has 6 heteroatoms. The normalized spacial score (nSPS) is 12.5. The van der Waals surface area contributed by atoms with Crippen molar-refractivity contribution in [1.29, 1.82) is 0 Å². The molecule has 1 unspecified atom stereocenters. The minimum atomic E-state index is -1.61. The van der Waals surface area contributed by atoms with Crippen LogP contribution < -0.4 is 5.73 Å². The first-order valence-electron chi connectivity index (χ1n) is 5.73. The molecule has 1 nitrogen and oxygen atoms in total. The number of benzene rings is 2. The molecule has 0 aliphatic carbocycles. The van der Waals surface area contributed by atoms with Gasteiger partial charge in [0.15, 0.2) is 17.5 Å². The monoisotopic (exact) mass is 287 g/mol. The summed E-state index contributed by atoms with van der Waals surface area (Å²) in [7, 11) is 0. The third-order valence-corrected chi connectivity index (χ3v) is 2.92. The van der Waals surface area contributed by atoms with Gasteiger partial charge in [-0.05, 0) is 36.2 Å². The molecule has 2 aromatic rings. The highest BCUT2D eigenvalue weighted by Gasteiger charge is 2.18. The molecular formula is C14H10F5N. The van der Waals surface area contributed by atoms with Gasteiger partial charge < -0.3 is 5.73 Å². The van der Waals surface area contributed by atoms with Crippen molar-refractivity contribution in [3.05, 3.63) is 70.5 Å². The van der Waals surface area contributed by atoms with E-state index in [1.54, 1.807) is 0 Å². The van der Waals surface area contributed by atoms with Crippen LogP contribution >= 0.6 is 0 Å². The summed E-state index contributed by atoms with van der Waals surface area (Å²) in [6, 6.07) is 3.65. The summed E-state index contributed by atoms with van der Waals surface area (Å²) >= 11 is 0. The molecule has 0 aliphatic heterocycles. The summed E-state index contributed by atoms with van der Waals surface area (Å²) in [5.74, 6) is -6.01. The van der Waals surface area contributed by atoms with E-state index in [0.29, 0.717) is 12.1 Å². The van der Waals surface area contributed by atoms with Crippen molar-refractivity contribution in [2.75, 3.05) is 0 Å². The number of rotatable bonds is 3. The molecule has 0 fully saturated rings. The van der Waals surface area contributed by atoms with Crippen LogP contribution in [-0.4, -0.2) is 0 Å². The molecule has 0 radical (unpaired) electrons. The minimum absolute atomic E-state index is 0.0796. The molecule has 0 bridgehead atoms. The van der Waals surface area contributed by atoms with Gasteiger partial charge in [-0.1, -0.05) is 6.07 Å². The summed E-state index contributed by atoms with van der Waals surface area (Å²) in [4.78, 5) is 0. The maximum absolute atomic E-state index is 13.4. The Balaban J connectivity index is 2.31. The summed E-state index contributed by atoms with van der Waals surface area (Å²) in [6.45, 7) is 0. The van der Waals surface area contributed by atoms with E-state index in [9.17, 15) is 22.0 Å². The van der Waals surface area contributed by atoms with E-state index >= 15 is 0 Å². The Morgan fingerprint density at radius 2 is 1.35 bits per heavy atom. The van der Waals surface area contributed by atoms with Crippen LogP contribution in [0.1, 0.15) is 17.2 Å². The van der Waals surface area contributed by atoms with Crippen molar-refractivity contribution in [1.82, 2.24) is 0 Å². The number of hydrogen-bond acceptors (Lipinski definition) is 1. The lowest BCUT2D eigenvalue weighted by molar-refractivity contribution is 0.443. The molecule has 0 saturated carbocycles. The van der Waals surface area contributed by atoms with E-state index < -0.39 is 35.1 Å². The molecule has 2 aromatic carbocycles. The van der Waals surface area contributed by atoms with Gasteiger partial charge in [0.25, 0.3) is 0 Å². The van der Waals surface area contributed by atoms with Crippen molar-refractivity contribution in [2.45, 2.75) is 12.5 Å². The average Bonchev–Trinajstić information content (AvgIpc) is 2.39. The van der Waals surface area contributed by atoms with Crippen LogP contribution in [-0.2, 0) is 6.42 Å². The predicted molar refractivity (Wildman–Crippen MR) is 63.3 cm³/mol.